The van der Waals surface area contributed by atoms with Gasteiger partial charge < -0.3 is 0 Å². The maximum atomic E-state index is 12.4. The Balaban J connectivity index is 2.25. The van der Waals surface area contributed by atoms with Crippen molar-refractivity contribution in [3.05, 3.63) is 63.7 Å². The number of rotatable bonds is 4. The molecule has 0 saturated carbocycles. The first-order valence-corrected chi connectivity index (χ1v) is 8.33. The van der Waals surface area contributed by atoms with Gasteiger partial charge in [-0.1, -0.05) is 35.4 Å². The molecule has 0 aliphatic carbocycles. The maximum absolute atomic E-state index is 12.4. The molecule has 0 aliphatic rings. The van der Waals surface area contributed by atoms with Crippen LogP contribution in [0, 0.1) is 20.8 Å². The molecule has 110 valence electrons. The van der Waals surface area contributed by atoms with E-state index in [2.05, 4.69) is 0 Å². The van der Waals surface area contributed by atoms with Crippen molar-refractivity contribution in [2.75, 3.05) is 5.75 Å². The molecule has 0 fully saturated rings. The van der Waals surface area contributed by atoms with Gasteiger partial charge in [0.25, 0.3) is 0 Å². The third kappa shape index (κ3) is 3.80. The van der Waals surface area contributed by atoms with Crippen molar-refractivity contribution in [2.24, 2.45) is 0 Å². The number of hydrogen-bond donors (Lipinski definition) is 0. The van der Waals surface area contributed by atoms with Gasteiger partial charge in [0.1, 0.15) is 0 Å². The molecule has 0 radical (unpaired) electrons. The fraction of sp³-hybridized carbons (Fsp3) is 0.235. The second kappa shape index (κ2) is 6.54. The van der Waals surface area contributed by atoms with Gasteiger partial charge in [-0.05, 0) is 50.1 Å². The standard InChI is InChI=1S/C17H17ClO2S/c1-11-7-12(2)17(13(3)8-11)16(19)10-21(20)15-6-4-5-14(18)9-15/h4-9H,10H2,1-3H3. The topological polar surface area (TPSA) is 34.1 Å². The quantitative estimate of drug-likeness (QED) is 0.789. The monoisotopic (exact) mass is 320 g/mol. The van der Waals surface area contributed by atoms with E-state index in [9.17, 15) is 9.00 Å². The number of aryl methyl sites for hydroxylation is 3. The summed E-state index contributed by atoms with van der Waals surface area (Å²) in [5.74, 6) is -0.117. The van der Waals surface area contributed by atoms with E-state index in [0.717, 1.165) is 16.7 Å². The van der Waals surface area contributed by atoms with E-state index in [1.165, 1.54) is 0 Å². The summed E-state index contributed by atoms with van der Waals surface area (Å²) < 4.78 is 12.3. The lowest BCUT2D eigenvalue weighted by Gasteiger charge is -2.10. The fourth-order valence-electron chi connectivity index (χ4n) is 2.50. The van der Waals surface area contributed by atoms with Crippen molar-refractivity contribution in [3.8, 4) is 0 Å². The molecule has 1 atom stereocenters. The van der Waals surface area contributed by atoms with Gasteiger partial charge in [0.2, 0.25) is 0 Å². The predicted octanol–water partition coefficient (Wildman–Crippen LogP) is 4.26. The van der Waals surface area contributed by atoms with Crippen LogP contribution in [-0.4, -0.2) is 15.7 Å². The van der Waals surface area contributed by atoms with Gasteiger partial charge in [-0.15, -0.1) is 0 Å². The van der Waals surface area contributed by atoms with Crippen LogP contribution in [0.15, 0.2) is 41.3 Å². The number of carbonyl (C=O) groups excluding carboxylic acids is 1. The zero-order chi connectivity index (χ0) is 15.6. The minimum Gasteiger partial charge on any atom is -0.293 e. The molecule has 2 aromatic carbocycles. The van der Waals surface area contributed by atoms with E-state index in [0.29, 0.717) is 15.5 Å². The highest BCUT2D eigenvalue weighted by molar-refractivity contribution is 7.85. The molecule has 0 bridgehead atoms. The summed E-state index contributed by atoms with van der Waals surface area (Å²) in [4.78, 5) is 13.0. The van der Waals surface area contributed by atoms with Gasteiger partial charge in [-0.25, -0.2) is 0 Å². The smallest absolute Gasteiger partial charge is 0.176 e. The summed E-state index contributed by atoms with van der Waals surface area (Å²) >= 11 is 5.89. The van der Waals surface area contributed by atoms with Gasteiger partial charge in [0, 0.05) is 15.5 Å². The number of benzene rings is 2. The van der Waals surface area contributed by atoms with Gasteiger partial charge in [-0.3, -0.25) is 9.00 Å². The first-order valence-electron chi connectivity index (χ1n) is 6.63. The second-order valence-electron chi connectivity index (χ2n) is 5.14. The third-order valence-electron chi connectivity index (χ3n) is 3.28. The van der Waals surface area contributed by atoms with E-state index in [4.69, 9.17) is 11.6 Å². The summed E-state index contributed by atoms with van der Waals surface area (Å²) in [6.07, 6.45) is 0. The Bertz CT molecular complexity index is 699. The summed E-state index contributed by atoms with van der Waals surface area (Å²) in [5, 5.41) is 0.524. The van der Waals surface area contributed by atoms with Crippen LogP contribution in [0.5, 0.6) is 0 Å². The van der Waals surface area contributed by atoms with Gasteiger partial charge in [-0.2, -0.15) is 0 Å². The molecule has 21 heavy (non-hydrogen) atoms. The van der Waals surface area contributed by atoms with Crippen LogP contribution < -0.4 is 0 Å². The SMILES string of the molecule is Cc1cc(C)c(C(=O)CS(=O)c2cccc(Cl)c2)c(C)c1. The Morgan fingerprint density at radius 1 is 1.10 bits per heavy atom. The summed E-state index contributed by atoms with van der Waals surface area (Å²) in [6, 6.07) is 10.8. The zero-order valence-corrected chi connectivity index (χ0v) is 13.8. The highest BCUT2D eigenvalue weighted by atomic mass is 35.5. The van der Waals surface area contributed by atoms with Crippen LogP contribution in [0.1, 0.15) is 27.0 Å². The molecule has 0 saturated heterocycles. The molecule has 1 unspecified atom stereocenters. The van der Waals surface area contributed by atoms with Crippen molar-refractivity contribution >= 4 is 28.2 Å². The number of Topliss-reactive ketones (excluding diaryl/α,β-unsaturated/α-hetero) is 1. The first kappa shape index (κ1) is 15.9. The molecule has 0 aliphatic heterocycles. The Morgan fingerprint density at radius 2 is 1.71 bits per heavy atom. The molecule has 0 spiro atoms. The number of ketones is 1. The van der Waals surface area contributed by atoms with E-state index in [1.54, 1.807) is 24.3 Å². The Hall–Kier alpha value is -1.45. The lowest BCUT2D eigenvalue weighted by Crippen LogP contribution is -2.14. The van der Waals surface area contributed by atoms with E-state index in [-0.39, 0.29) is 11.5 Å². The van der Waals surface area contributed by atoms with Gasteiger partial charge in [0.05, 0.1) is 16.6 Å². The van der Waals surface area contributed by atoms with Crippen LogP contribution in [-0.2, 0) is 10.8 Å². The van der Waals surface area contributed by atoms with Gasteiger partial charge >= 0.3 is 0 Å². The van der Waals surface area contributed by atoms with Crippen LogP contribution in [0.25, 0.3) is 0 Å². The Morgan fingerprint density at radius 3 is 2.29 bits per heavy atom. The van der Waals surface area contributed by atoms with Crippen molar-refractivity contribution in [2.45, 2.75) is 25.7 Å². The minimum atomic E-state index is -1.38. The van der Waals surface area contributed by atoms with Crippen LogP contribution in [0.3, 0.4) is 0 Å². The highest BCUT2D eigenvalue weighted by Crippen LogP contribution is 2.19. The second-order valence-corrected chi connectivity index (χ2v) is 7.03. The zero-order valence-electron chi connectivity index (χ0n) is 12.3. The average molecular weight is 321 g/mol. The molecule has 2 rings (SSSR count). The molecule has 0 N–H and O–H groups in total. The Kier molecular flexibility index (Phi) is 4.96. The van der Waals surface area contributed by atoms with E-state index in [1.807, 2.05) is 32.9 Å². The van der Waals surface area contributed by atoms with Crippen LogP contribution in [0.4, 0.5) is 0 Å². The Labute approximate surface area is 132 Å². The number of carbonyl (C=O) groups is 1. The van der Waals surface area contributed by atoms with E-state index < -0.39 is 10.8 Å². The average Bonchev–Trinajstić information content (AvgIpc) is 2.37. The molecular formula is C17H17ClO2S. The van der Waals surface area contributed by atoms with Crippen molar-refractivity contribution in [1.29, 1.82) is 0 Å². The number of halogens is 1. The van der Waals surface area contributed by atoms with Crippen LogP contribution in [0.2, 0.25) is 5.02 Å². The molecule has 2 nitrogen and oxygen atoms in total. The molecule has 0 heterocycles. The fourth-order valence-corrected chi connectivity index (χ4v) is 3.80. The van der Waals surface area contributed by atoms with Crippen molar-refractivity contribution < 1.29 is 9.00 Å². The first-order chi connectivity index (χ1) is 9.88. The van der Waals surface area contributed by atoms with Crippen LogP contribution >= 0.6 is 11.6 Å². The lowest BCUT2D eigenvalue weighted by atomic mass is 9.97. The lowest BCUT2D eigenvalue weighted by molar-refractivity contribution is 0.102. The molecular weight excluding hydrogens is 304 g/mol. The van der Waals surface area contributed by atoms with Crippen molar-refractivity contribution in [3.63, 3.8) is 0 Å². The maximum Gasteiger partial charge on any atom is 0.176 e. The molecule has 2 aromatic rings. The third-order valence-corrected chi connectivity index (χ3v) is 4.82. The molecule has 4 heteroatoms. The van der Waals surface area contributed by atoms with Crippen molar-refractivity contribution in [1.82, 2.24) is 0 Å². The molecule has 0 aromatic heterocycles. The van der Waals surface area contributed by atoms with Gasteiger partial charge in [0.15, 0.2) is 5.78 Å². The summed E-state index contributed by atoms with van der Waals surface area (Å²) in [6.45, 7) is 5.82. The largest absolute Gasteiger partial charge is 0.293 e. The van der Waals surface area contributed by atoms with E-state index >= 15 is 0 Å². The summed E-state index contributed by atoms with van der Waals surface area (Å²) in [7, 11) is -1.38. The summed E-state index contributed by atoms with van der Waals surface area (Å²) in [5.41, 5.74) is 3.66. The minimum absolute atomic E-state index is 0.0227. The highest BCUT2D eigenvalue weighted by Gasteiger charge is 2.17. The predicted molar refractivity (Wildman–Crippen MR) is 87.7 cm³/mol. The molecule has 0 amide bonds. The normalized spacial score (nSPS) is 12.2. The number of hydrogen-bond acceptors (Lipinski definition) is 2.